The quantitative estimate of drug-likeness (QED) is 0.633. The molecular weight excluding hydrogens is 296 g/mol. The van der Waals surface area contributed by atoms with Gasteiger partial charge in [0.25, 0.3) is 5.69 Å². The van der Waals surface area contributed by atoms with Crippen LogP contribution >= 0.6 is 11.6 Å². The number of halogens is 1. The van der Waals surface area contributed by atoms with Crippen LogP contribution in [0.4, 0.5) is 5.69 Å². The highest BCUT2D eigenvalue weighted by atomic mass is 35.5. The number of hydrogen-bond acceptors (Lipinski definition) is 6. The van der Waals surface area contributed by atoms with Crippen LogP contribution in [0.1, 0.15) is 5.56 Å². The van der Waals surface area contributed by atoms with E-state index in [0.29, 0.717) is 16.6 Å². The van der Waals surface area contributed by atoms with Crippen LogP contribution in [-0.2, 0) is 10.5 Å². The van der Waals surface area contributed by atoms with Gasteiger partial charge in [0, 0.05) is 24.8 Å². The van der Waals surface area contributed by atoms with E-state index >= 15 is 0 Å². The number of amidine groups is 1. The van der Waals surface area contributed by atoms with E-state index in [1.165, 1.54) is 19.2 Å². The zero-order valence-corrected chi connectivity index (χ0v) is 11.8. The third kappa shape index (κ3) is 2.10. The highest BCUT2D eigenvalue weighted by molar-refractivity contribution is 6.68. The van der Waals surface area contributed by atoms with Gasteiger partial charge in [-0.25, -0.2) is 5.01 Å². The summed E-state index contributed by atoms with van der Waals surface area (Å²) in [7, 11) is 1.51. The standard InChI is InChI=1S/C13H11ClN4O3/c1-21-13(9-3-2-4-10(7-9)18(19)20)8-15-12-6-5-11(14)16-17(12)13/h2-7H,8H2,1H3. The van der Waals surface area contributed by atoms with Gasteiger partial charge in [-0.3, -0.25) is 15.1 Å². The Kier molecular flexibility index (Phi) is 3.23. The van der Waals surface area contributed by atoms with Crippen molar-refractivity contribution >= 4 is 28.3 Å². The van der Waals surface area contributed by atoms with Crippen LogP contribution in [0.5, 0.6) is 0 Å². The summed E-state index contributed by atoms with van der Waals surface area (Å²) in [6.07, 6.45) is 3.36. The molecule has 0 radical (unpaired) electrons. The fraction of sp³-hybridized carbons (Fsp3) is 0.231. The van der Waals surface area contributed by atoms with Crippen molar-refractivity contribution in [2.75, 3.05) is 13.7 Å². The average molecular weight is 307 g/mol. The largest absolute Gasteiger partial charge is 0.351 e. The molecule has 108 valence electrons. The fourth-order valence-electron chi connectivity index (χ4n) is 2.38. The van der Waals surface area contributed by atoms with Crippen molar-refractivity contribution in [1.29, 1.82) is 0 Å². The van der Waals surface area contributed by atoms with Gasteiger partial charge in [0.05, 0.1) is 11.5 Å². The number of nitrogens with zero attached hydrogens (tertiary/aromatic N) is 4. The number of rotatable bonds is 3. The van der Waals surface area contributed by atoms with Crippen LogP contribution in [0.15, 0.2) is 46.5 Å². The number of fused-ring (bicyclic) bond motifs is 1. The lowest BCUT2D eigenvalue weighted by Crippen LogP contribution is -2.46. The number of nitro groups is 1. The second-order valence-electron chi connectivity index (χ2n) is 4.54. The van der Waals surface area contributed by atoms with Gasteiger partial charge in [-0.2, -0.15) is 5.10 Å². The van der Waals surface area contributed by atoms with Crippen molar-refractivity contribution in [2.45, 2.75) is 5.72 Å². The maximum Gasteiger partial charge on any atom is 0.269 e. The fourth-order valence-corrected chi connectivity index (χ4v) is 2.52. The molecule has 0 aromatic heterocycles. The van der Waals surface area contributed by atoms with Gasteiger partial charge in [0.15, 0.2) is 0 Å². The summed E-state index contributed by atoms with van der Waals surface area (Å²) in [5, 5.41) is 17.0. The van der Waals surface area contributed by atoms with Gasteiger partial charge in [0.2, 0.25) is 5.72 Å². The van der Waals surface area contributed by atoms with Gasteiger partial charge >= 0.3 is 0 Å². The van der Waals surface area contributed by atoms with Gasteiger partial charge < -0.3 is 4.74 Å². The second kappa shape index (κ2) is 4.94. The number of allylic oxidation sites excluding steroid dienone is 1. The third-order valence-corrected chi connectivity index (χ3v) is 3.63. The molecular formula is C13H11ClN4O3. The van der Waals surface area contributed by atoms with E-state index in [9.17, 15) is 10.1 Å². The summed E-state index contributed by atoms with van der Waals surface area (Å²) in [6.45, 7) is 0.276. The van der Waals surface area contributed by atoms with Crippen LogP contribution in [-0.4, -0.2) is 34.6 Å². The number of ether oxygens (including phenoxy) is 1. The molecule has 0 saturated carbocycles. The zero-order chi connectivity index (χ0) is 15.0. The topological polar surface area (TPSA) is 80.3 Å². The number of aliphatic imine (C=N–C) groups is 1. The molecule has 0 amide bonds. The van der Waals surface area contributed by atoms with Crippen molar-refractivity contribution in [1.82, 2.24) is 5.01 Å². The Balaban J connectivity index is 2.08. The van der Waals surface area contributed by atoms with Crippen LogP contribution in [0.3, 0.4) is 0 Å². The van der Waals surface area contributed by atoms with Crippen molar-refractivity contribution < 1.29 is 9.66 Å². The molecule has 3 rings (SSSR count). The summed E-state index contributed by atoms with van der Waals surface area (Å²) >= 11 is 5.94. The van der Waals surface area contributed by atoms with Crippen LogP contribution in [0.2, 0.25) is 0 Å². The number of hydrogen-bond donors (Lipinski definition) is 0. The predicted octanol–water partition coefficient (Wildman–Crippen LogP) is 2.23. The lowest BCUT2D eigenvalue weighted by atomic mass is 10.0. The maximum absolute atomic E-state index is 11.0. The van der Waals surface area contributed by atoms with Crippen molar-refractivity contribution in [2.24, 2.45) is 10.1 Å². The lowest BCUT2D eigenvalue weighted by molar-refractivity contribution is -0.385. The summed E-state index contributed by atoms with van der Waals surface area (Å²) in [6, 6.07) is 6.24. The van der Waals surface area contributed by atoms with Gasteiger partial charge in [-0.15, -0.1) is 0 Å². The normalized spacial score (nSPS) is 23.6. The Morgan fingerprint density at radius 1 is 1.48 bits per heavy atom. The molecule has 0 N–H and O–H groups in total. The van der Waals surface area contributed by atoms with E-state index in [1.807, 2.05) is 0 Å². The van der Waals surface area contributed by atoms with Gasteiger partial charge in [-0.05, 0) is 12.2 Å². The first-order chi connectivity index (χ1) is 10.1. The maximum atomic E-state index is 11.0. The monoisotopic (exact) mass is 306 g/mol. The minimum absolute atomic E-state index is 0.0139. The molecule has 8 heteroatoms. The Bertz CT molecular complexity index is 700. The first-order valence-corrected chi connectivity index (χ1v) is 6.51. The Morgan fingerprint density at radius 3 is 3.00 bits per heavy atom. The highest BCUT2D eigenvalue weighted by Crippen LogP contribution is 2.37. The van der Waals surface area contributed by atoms with Crippen molar-refractivity contribution in [3.8, 4) is 0 Å². The number of nitro benzene ring substituents is 1. The molecule has 2 aliphatic rings. The van der Waals surface area contributed by atoms with Crippen molar-refractivity contribution in [3.05, 3.63) is 52.1 Å². The summed E-state index contributed by atoms with van der Waals surface area (Å²) in [4.78, 5) is 14.9. The summed E-state index contributed by atoms with van der Waals surface area (Å²) in [5.41, 5.74) is -0.437. The number of non-ortho nitro benzene ring substituents is 1. The minimum Gasteiger partial charge on any atom is -0.351 e. The zero-order valence-electron chi connectivity index (χ0n) is 11.1. The summed E-state index contributed by atoms with van der Waals surface area (Å²) < 4.78 is 5.63. The molecule has 0 saturated heterocycles. The van der Waals surface area contributed by atoms with E-state index in [-0.39, 0.29) is 12.2 Å². The van der Waals surface area contributed by atoms with Crippen molar-refractivity contribution in [3.63, 3.8) is 0 Å². The molecule has 0 bridgehead atoms. The van der Waals surface area contributed by atoms with Gasteiger partial charge in [-0.1, -0.05) is 23.7 Å². The first-order valence-electron chi connectivity index (χ1n) is 6.14. The van der Waals surface area contributed by atoms with E-state index in [4.69, 9.17) is 16.3 Å². The first kappa shape index (κ1) is 13.7. The number of hydrazone groups is 1. The smallest absolute Gasteiger partial charge is 0.269 e. The minimum atomic E-state index is -1.02. The molecule has 1 unspecified atom stereocenters. The Hall–Kier alpha value is -2.25. The highest BCUT2D eigenvalue weighted by Gasteiger charge is 2.46. The molecule has 21 heavy (non-hydrogen) atoms. The molecule has 2 aliphatic heterocycles. The third-order valence-electron chi connectivity index (χ3n) is 3.43. The van der Waals surface area contributed by atoms with E-state index in [2.05, 4.69) is 10.1 Å². The van der Waals surface area contributed by atoms with Crippen LogP contribution in [0, 0.1) is 10.1 Å². The number of methoxy groups -OCH3 is 1. The Labute approximate surface area is 125 Å². The molecule has 0 fully saturated rings. The molecule has 2 heterocycles. The van der Waals surface area contributed by atoms with E-state index in [1.54, 1.807) is 29.3 Å². The molecule has 1 atom stereocenters. The molecule has 0 spiro atoms. The Morgan fingerprint density at radius 2 is 2.29 bits per heavy atom. The average Bonchev–Trinajstić information content (AvgIpc) is 2.86. The molecule has 1 aromatic rings. The predicted molar refractivity (Wildman–Crippen MR) is 78.4 cm³/mol. The number of benzene rings is 1. The SMILES string of the molecule is COC1(c2cccc([N+](=O)[O-])c2)CN=C2C=CC(Cl)=NN21. The molecule has 0 aliphatic carbocycles. The van der Waals surface area contributed by atoms with E-state index < -0.39 is 10.6 Å². The molecule has 7 nitrogen and oxygen atoms in total. The van der Waals surface area contributed by atoms with Crippen LogP contribution in [0.25, 0.3) is 0 Å². The van der Waals surface area contributed by atoms with Gasteiger partial charge in [0.1, 0.15) is 11.0 Å². The van der Waals surface area contributed by atoms with Crippen LogP contribution < -0.4 is 0 Å². The second-order valence-corrected chi connectivity index (χ2v) is 4.93. The van der Waals surface area contributed by atoms with E-state index in [0.717, 1.165) is 0 Å². The lowest BCUT2D eigenvalue weighted by Gasteiger charge is -2.35. The summed E-state index contributed by atoms with van der Waals surface area (Å²) in [5.74, 6) is 0.604. The molecule has 1 aromatic carbocycles.